The van der Waals surface area contributed by atoms with Crippen LogP contribution in [0.1, 0.15) is 15.9 Å². The zero-order valence-electron chi connectivity index (χ0n) is 15.6. The number of carbonyl (C=O) groups excluding carboxylic acids is 1. The summed E-state index contributed by atoms with van der Waals surface area (Å²) in [5.74, 6) is 0.883. The van der Waals surface area contributed by atoms with Gasteiger partial charge in [-0.3, -0.25) is 4.79 Å². The van der Waals surface area contributed by atoms with Crippen molar-refractivity contribution in [2.45, 2.75) is 6.10 Å². The zero-order valence-corrected chi connectivity index (χ0v) is 16.4. The van der Waals surface area contributed by atoms with E-state index in [0.717, 1.165) is 0 Å². The Morgan fingerprint density at radius 3 is 2.35 bits per heavy atom. The number of halogens is 1. The Bertz CT molecular complexity index is 713. The van der Waals surface area contributed by atoms with E-state index in [-0.39, 0.29) is 24.8 Å². The summed E-state index contributed by atoms with van der Waals surface area (Å²) in [6, 6.07) is 14.1. The third-order valence-electron chi connectivity index (χ3n) is 3.66. The van der Waals surface area contributed by atoms with E-state index >= 15 is 0 Å². The van der Waals surface area contributed by atoms with Gasteiger partial charge in [0, 0.05) is 11.6 Å². The van der Waals surface area contributed by atoms with E-state index in [1.807, 2.05) is 39.3 Å². The molecule has 1 atom stereocenters. The lowest BCUT2D eigenvalue weighted by molar-refractivity contribution is -0.873. The lowest BCUT2D eigenvalue weighted by Gasteiger charge is -2.26. The van der Waals surface area contributed by atoms with Crippen molar-refractivity contribution < 1.29 is 36.3 Å². The molecule has 5 nitrogen and oxygen atoms in total. The van der Waals surface area contributed by atoms with Crippen LogP contribution in [0.25, 0.3) is 0 Å². The number of quaternary nitrogens is 1. The maximum atomic E-state index is 12.8. The molecule has 0 aliphatic rings. The first-order valence-corrected chi connectivity index (χ1v) is 8.19. The molecule has 0 aliphatic heterocycles. The molecule has 6 heteroatoms. The molecule has 2 aromatic carbocycles. The van der Waals surface area contributed by atoms with Gasteiger partial charge in [-0.05, 0) is 12.1 Å². The van der Waals surface area contributed by atoms with Crippen LogP contribution in [0.3, 0.4) is 0 Å². The molecule has 2 rings (SSSR count). The number of aliphatic hydroxyl groups excluding tert-OH is 1. The molecular formula is C20H26ClNO4. The summed E-state index contributed by atoms with van der Waals surface area (Å²) in [5.41, 5.74) is 1.04. The van der Waals surface area contributed by atoms with Crippen molar-refractivity contribution in [3.8, 4) is 11.5 Å². The van der Waals surface area contributed by atoms with Crippen LogP contribution in [0.4, 0.5) is 0 Å². The molecule has 142 valence electrons. The van der Waals surface area contributed by atoms with Gasteiger partial charge in [0.2, 0.25) is 0 Å². The summed E-state index contributed by atoms with van der Waals surface area (Å²) in [4.78, 5) is 12.8. The number of benzene rings is 2. The lowest BCUT2D eigenvalue weighted by Crippen LogP contribution is -3.00. The number of rotatable bonds is 8. The van der Waals surface area contributed by atoms with Crippen molar-refractivity contribution in [3.63, 3.8) is 0 Å². The summed E-state index contributed by atoms with van der Waals surface area (Å²) in [6.45, 7) is 0.656. The Morgan fingerprint density at radius 2 is 1.77 bits per heavy atom. The Labute approximate surface area is 161 Å². The molecule has 0 saturated heterocycles. The normalized spacial score (nSPS) is 12.0. The second-order valence-corrected chi connectivity index (χ2v) is 6.99. The van der Waals surface area contributed by atoms with Gasteiger partial charge in [0.25, 0.3) is 0 Å². The lowest BCUT2D eigenvalue weighted by atomic mass is 10.0. The molecule has 0 fully saturated rings. The molecular weight excluding hydrogens is 354 g/mol. The van der Waals surface area contributed by atoms with E-state index < -0.39 is 6.10 Å². The molecule has 0 aromatic heterocycles. The van der Waals surface area contributed by atoms with Crippen LogP contribution in [-0.2, 0) is 0 Å². The molecule has 0 bridgehead atoms. The predicted molar refractivity (Wildman–Crippen MR) is 97.3 cm³/mol. The van der Waals surface area contributed by atoms with E-state index in [1.165, 1.54) is 0 Å². The van der Waals surface area contributed by atoms with E-state index in [9.17, 15) is 9.90 Å². The second-order valence-electron chi connectivity index (χ2n) is 6.99. The molecule has 0 amide bonds. The van der Waals surface area contributed by atoms with Crippen LogP contribution in [0.15, 0.2) is 48.5 Å². The van der Waals surface area contributed by atoms with Crippen LogP contribution in [0.2, 0.25) is 0 Å². The molecule has 0 radical (unpaired) electrons. The minimum Gasteiger partial charge on any atom is -1.00 e. The number of ketones is 1. The van der Waals surface area contributed by atoms with E-state index in [1.54, 1.807) is 37.4 Å². The van der Waals surface area contributed by atoms with Crippen LogP contribution in [0, 0.1) is 0 Å². The molecule has 1 N–H and O–H groups in total. The largest absolute Gasteiger partial charge is 1.00 e. The number of nitrogens with zero attached hydrogens (tertiary/aromatic N) is 1. The summed E-state index contributed by atoms with van der Waals surface area (Å²) in [5, 5.41) is 10.2. The maximum Gasteiger partial charge on any atom is 0.196 e. The van der Waals surface area contributed by atoms with Crippen LogP contribution >= 0.6 is 0 Å². The van der Waals surface area contributed by atoms with Gasteiger partial charge in [-0.2, -0.15) is 0 Å². The first kappa shape index (κ1) is 22.0. The smallest absolute Gasteiger partial charge is 0.196 e. The van der Waals surface area contributed by atoms with E-state index in [4.69, 9.17) is 9.47 Å². The fourth-order valence-electron chi connectivity index (χ4n) is 2.55. The van der Waals surface area contributed by atoms with Crippen molar-refractivity contribution in [3.05, 3.63) is 59.7 Å². The van der Waals surface area contributed by atoms with Crippen molar-refractivity contribution >= 4 is 5.78 Å². The average molecular weight is 380 g/mol. The third-order valence-corrected chi connectivity index (χ3v) is 3.66. The minimum atomic E-state index is -0.633. The van der Waals surface area contributed by atoms with Gasteiger partial charge in [-0.1, -0.05) is 30.3 Å². The van der Waals surface area contributed by atoms with Crippen molar-refractivity contribution in [2.24, 2.45) is 0 Å². The second kappa shape index (κ2) is 9.57. The molecule has 26 heavy (non-hydrogen) atoms. The predicted octanol–water partition coefficient (Wildman–Crippen LogP) is -0.624. The van der Waals surface area contributed by atoms with Gasteiger partial charge in [0.15, 0.2) is 5.78 Å². The summed E-state index contributed by atoms with van der Waals surface area (Å²) in [7, 11) is 7.56. The molecule has 2 aromatic rings. The highest BCUT2D eigenvalue weighted by atomic mass is 35.5. The fraction of sp³-hybridized carbons (Fsp3) is 0.350. The standard InChI is InChI=1S/C20H26NO4.ClH/c1-21(2,3)13-16(22)14-25-19-12-17(24-4)10-11-18(19)20(23)15-8-6-5-7-9-15;/h5-12,16,22H,13-14H2,1-4H3;1H/q+1;/p-1. The molecule has 1 unspecified atom stereocenters. The number of likely N-dealkylation sites (N-methyl/N-ethyl adjacent to an activating group) is 1. The van der Waals surface area contributed by atoms with Crippen molar-refractivity contribution in [2.75, 3.05) is 41.4 Å². The number of hydrogen-bond acceptors (Lipinski definition) is 4. The van der Waals surface area contributed by atoms with Gasteiger partial charge < -0.3 is 31.5 Å². The number of hydrogen-bond donors (Lipinski definition) is 1. The number of methoxy groups -OCH3 is 1. The van der Waals surface area contributed by atoms with Crippen LogP contribution in [-0.4, -0.2) is 62.9 Å². The Balaban J connectivity index is 0.00000338. The summed E-state index contributed by atoms with van der Waals surface area (Å²) < 4.78 is 11.6. The van der Waals surface area contributed by atoms with E-state index in [2.05, 4.69) is 0 Å². The monoisotopic (exact) mass is 379 g/mol. The van der Waals surface area contributed by atoms with Crippen LogP contribution < -0.4 is 21.9 Å². The first-order valence-electron chi connectivity index (χ1n) is 8.19. The van der Waals surface area contributed by atoms with Crippen molar-refractivity contribution in [1.82, 2.24) is 0 Å². The third kappa shape index (κ3) is 6.33. The van der Waals surface area contributed by atoms with Gasteiger partial charge in [-0.25, -0.2) is 0 Å². The SMILES string of the molecule is COc1ccc(C(=O)c2ccccc2)c(OCC(O)C[N+](C)(C)C)c1.[Cl-]. The van der Waals surface area contributed by atoms with Gasteiger partial charge in [-0.15, -0.1) is 0 Å². The number of aliphatic hydroxyl groups is 1. The molecule has 0 spiro atoms. The Kier molecular flexibility index (Phi) is 8.08. The molecule has 0 aliphatic carbocycles. The fourth-order valence-corrected chi connectivity index (χ4v) is 2.55. The topological polar surface area (TPSA) is 55.8 Å². The zero-order chi connectivity index (χ0) is 18.4. The first-order chi connectivity index (χ1) is 11.8. The summed E-state index contributed by atoms with van der Waals surface area (Å²) >= 11 is 0. The van der Waals surface area contributed by atoms with E-state index in [0.29, 0.717) is 33.7 Å². The maximum absolute atomic E-state index is 12.8. The highest BCUT2D eigenvalue weighted by Gasteiger charge is 2.19. The minimum absolute atomic E-state index is 0. The highest BCUT2D eigenvalue weighted by Crippen LogP contribution is 2.27. The Morgan fingerprint density at radius 1 is 1.12 bits per heavy atom. The van der Waals surface area contributed by atoms with Crippen molar-refractivity contribution in [1.29, 1.82) is 0 Å². The van der Waals surface area contributed by atoms with Gasteiger partial charge in [0.1, 0.15) is 30.8 Å². The quantitative estimate of drug-likeness (QED) is 0.490. The Hall–Kier alpha value is -2.08. The average Bonchev–Trinajstić information content (AvgIpc) is 2.58. The summed E-state index contributed by atoms with van der Waals surface area (Å²) in [6.07, 6.45) is -0.633. The van der Waals surface area contributed by atoms with Gasteiger partial charge >= 0.3 is 0 Å². The highest BCUT2D eigenvalue weighted by molar-refractivity contribution is 6.10. The molecule has 0 saturated carbocycles. The van der Waals surface area contributed by atoms with Crippen LogP contribution in [0.5, 0.6) is 11.5 Å². The number of ether oxygens (including phenoxy) is 2. The van der Waals surface area contributed by atoms with Gasteiger partial charge in [0.05, 0.1) is 33.8 Å². The molecule has 0 heterocycles. The number of carbonyl (C=O) groups is 1.